The number of benzene rings is 3. The second-order valence-corrected chi connectivity index (χ2v) is 9.18. The van der Waals surface area contributed by atoms with E-state index in [9.17, 15) is 0 Å². The molecule has 0 bridgehead atoms. The van der Waals surface area contributed by atoms with Gasteiger partial charge in [-0.15, -0.1) is 0 Å². The van der Waals surface area contributed by atoms with Crippen LogP contribution >= 0.6 is 11.6 Å². The van der Waals surface area contributed by atoms with Crippen molar-refractivity contribution in [3.05, 3.63) is 76.8 Å². The summed E-state index contributed by atoms with van der Waals surface area (Å²) in [7, 11) is 4.06. The first kappa shape index (κ1) is 23.9. The third-order valence-corrected chi connectivity index (χ3v) is 6.43. The molecule has 176 valence electrons. The zero-order chi connectivity index (χ0) is 24.2. The van der Waals surface area contributed by atoms with E-state index in [4.69, 9.17) is 26.7 Å². The summed E-state index contributed by atoms with van der Waals surface area (Å²) in [5.41, 5.74) is 14.4. The smallest absolute Gasteiger partial charge is 0.227 e. The Balaban J connectivity index is 1.93. The molecule has 0 radical (unpaired) electrons. The maximum absolute atomic E-state index is 6.60. The number of nitrogen functional groups attached to an aromatic ring is 1. The van der Waals surface area contributed by atoms with Gasteiger partial charge in [0.05, 0.1) is 5.02 Å². The highest BCUT2D eigenvalue weighted by molar-refractivity contribution is 6.33. The molecule has 0 spiro atoms. The number of oxazole rings is 1. The Morgan fingerprint density at radius 2 is 1.53 bits per heavy atom. The molecule has 0 fully saturated rings. The van der Waals surface area contributed by atoms with Crippen LogP contribution in [0, 0.1) is 0 Å². The van der Waals surface area contributed by atoms with Crippen LogP contribution < -0.4 is 10.6 Å². The molecule has 0 saturated carbocycles. The molecule has 0 atom stereocenters. The number of rotatable bonds is 8. The fraction of sp³-hybridized carbons (Fsp3) is 0.276. The van der Waals surface area contributed by atoms with Crippen LogP contribution in [-0.4, -0.2) is 19.1 Å². The van der Waals surface area contributed by atoms with Crippen LogP contribution in [0.1, 0.15) is 37.8 Å². The Morgan fingerprint density at radius 3 is 2.18 bits per heavy atom. The fourth-order valence-electron chi connectivity index (χ4n) is 4.37. The monoisotopic (exact) mass is 473 g/mol. The number of halogens is 1. The first-order chi connectivity index (χ1) is 16.4. The van der Waals surface area contributed by atoms with Crippen molar-refractivity contribution in [3.8, 4) is 34.0 Å². The minimum Gasteiger partial charge on any atom is -0.435 e. The first-order valence-corrected chi connectivity index (χ1v) is 12.3. The third-order valence-electron chi connectivity index (χ3n) is 6.10. The van der Waals surface area contributed by atoms with Crippen molar-refractivity contribution in [2.24, 2.45) is 0 Å². The van der Waals surface area contributed by atoms with Gasteiger partial charge in [-0.1, -0.05) is 62.6 Å². The summed E-state index contributed by atoms with van der Waals surface area (Å²) < 4.78 is 6.51. The molecule has 0 aliphatic heterocycles. The lowest BCUT2D eigenvalue weighted by Gasteiger charge is -2.15. The van der Waals surface area contributed by atoms with E-state index in [1.807, 2.05) is 50.5 Å². The highest BCUT2D eigenvalue weighted by Crippen LogP contribution is 2.41. The van der Waals surface area contributed by atoms with Gasteiger partial charge < -0.3 is 15.1 Å². The summed E-state index contributed by atoms with van der Waals surface area (Å²) >= 11 is 6.60. The number of nitrogens with zero attached hydrogens (tertiary/aromatic N) is 2. The molecule has 1 heterocycles. The Labute approximate surface area is 207 Å². The standard InChI is InChI=1S/C29H32ClN3O/c1-5-9-21-22(10-6-2)26(31)18-17-23(21)29-32-27(19-13-15-20(16-14-19)33(3)4)28(34-29)24-11-7-8-12-25(24)30/h7-8,11-18H,5-6,9-10,31H2,1-4H3. The molecule has 5 heteroatoms. The number of hydrogen-bond acceptors (Lipinski definition) is 4. The van der Waals surface area contributed by atoms with Crippen molar-refractivity contribution >= 4 is 23.0 Å². The van der Waals surface area contributed by atoms with Gasteiger partial charge >= 0.3 is 0 Å². The SMILES string of the molecule is CCCc1c(N)ccc(-c2nc(-c3ccc(N(C)C)cc3)c(-c3ccccc3Cl)o2)c1CCC. The second-order valence-electron chi connectivity index (χ2n) is 8.78. The van der Waals surface area contributed by atoms with Crippen molar-refractivity contribution in [2.75, 3.05) is 24.7 Å². The fourth-order valence-corrected chi connectivity index (χ4v) is 4.59. The second kappa shape index (κ2) is 10.4. The normalized spacial score (nSPS) is 11.1. The van der Waals surface area contributed by atoms with Gasteiger partial charge in [0, 0.05) is 42.2 Å². The third kappa shape index (κ3) is 4.69. The van der Waals surface area contributed by atoms with Crippen molar-refractivity contribution in [1.29, 1.82) is 0 Å². The molecule has 0 amide bonds. The zero-order valence-corrected chi connectivity index (χ0v) is 21.1. The summed E-state index contributed by atoms with van der Waals surface area (Å²) in [5.74, 6) is 1.27. The number of nitrogens with two attached hydrogens (primary N) is 1. The molecule has 4 aromatic rings. The maximum Gasteiger partial charge on any atom is 0.227 e. The van der Waals surface area contributed by atoms with E-state index in [1.54, 1.807) is 0 Å². The van der Waals surface area contributed by atoms with Crippen LogP contribution in [0.25, 0.3) is 34.0 Å². The van der Waals surface area contributed by atoms with E-state index in [1.165, 1.54) is 11.1 Å². The average molecular weight is 474 g/mol. The summed E-state index contributed by atoms with van der Waals surface area (Å²) in [6.07, 6.45) is 3.91. The van der Waals surface area contributed by atoms with Gasteiger partial charge in [0.15, 0.2) is 5.76 Å². The predicted molar refractivity (Wildman–Crippen MR) is 145 cm³/mol. The van der Waals surface area contributed by atoms with Gasteiger partial charge in [-0.05, 0) is 60.4 Å². The molecule has 1 aromatic heterocycles. The van der Waals surface area contributed by atoms with Crippen molar-refractivity contribution in [1.82, 2.24) is 4.98 Å². The number of aromatic nitrogens is 1. The number of anilines is 2. The minimum atomic E-state index is 0.599. The molecule has 3 aromatic carbocycles. The zero-order valence-electron chi connectivity index (χ0n) is 20.4. The predicted octanol–water partition coefficient (Wildman–Crippen LogP) is 7.88. The van der Waals surface area contributed by atoms with Gasteiger partial charge in [0.25, 0.3) is 0 Å². The van der Waals surface area contributed by atoms with Gasteiger partial charge in [-0.2, -0.15) is 0 Å². The quantitative estimate of drug-likeness (QED) is 0.264. The summed E-state index contributed by atoms with van der Waals surface area (Å²) in [6.45, 7) is 4.36. The lowest BCUT2D eigenvalue weighted by molar-refractivity contribution is 0.588. The van der Waals surface area contributed by atoms with E-state index in [0.717, 1.165) is 59.4 Å². The highest BCUT2D eigenvalue weighted by atomic mass is 35.5. The molecule has 0 aliphatic carbocycles. The Kier molecular flexibility index (Phi) is 7.28. The van der Waals surface area contributed by atoms with Gasteiger partial charge in [0.2, 0.25) is 5.89 Å². The molecule has 2 N–H and O–H groups in total. The summed E-state index contributed by atoms with van der Waals surface area (Å²) in [6, 6.07) is 20.1. The summed E-state index contributed by atoms with van der Waals surface area (Å²) in [4.78, 5) is 7.11. The van der Waals surface area contributed by atoms with E-state index in [2.05, 4.69) is 43.0 Å². The van der Waals surface area contributed by atoms with Crippen LogP contribution in [0.2, 0.25) is 5.02 Å². The van der Waals surface area contributed by atoms with E-state index < -0.39 is 0 Å². The Bertz CT molecular complexity index is 1280. The van der Waals surface area contributed by atoms with Crippen molar-refractivity contribution in [3.63, 3.8) is 0 Å². The molecule has 0 aliphatic rings. The lowest BCUT2D eigenvalue weighted by Crippen LogP contribution is -2.07. The van der Waals surface area contributed by atoms with Gasteiger partial charge in [-0.3, -0.25) is 0 Å². The maximum atomic E-state index is 6.60. The number of hydrogen-bond donors (Lipinski definition) is 1. The van der Waals surface area contributed by atoms with Crippen LogP contribution in [0.4, 0.5) is 11.4 Å². The first-order valence-electron chi connectivity index (χ1n) is 11.9. The van der Waals surface area contributed by atoms with E-state index in [0.29, 0.717) is 16.7 Å². The summed E-state index contributed by atoms with van der Waals surface area (Å²) in [5, 5.41) is 0.633. The van der Waals surface area contributed by atoms with Crippen LogP contribution in [0.3, 0.4) is 0 Å². The minimum absolute atomic E-state index is 0.599. The Hall–Kier alpha value is -3.24. The Morgan fingerprint density at radius 1 is 0.853 bits per heavy atom. The average Bonchev–Trinajstić information content (AvgIpc) is 3.27. The van der Waals surface area contributed by atoms with Gasteiger partial charge in [-0.25, -0.2) is 4.98 Å². The topological polar surface area (TPSA) is 55.3 Å². The van der Waals surface area contributed by atoms with Crippen LogP contribution in [-0.2, 0) is 12.8 Å². The molecule has 34 heavy (non-hydrogen) atoms. The highest BCUT2D eigenvalue weighted by Gasteiger charge is 2.22. The van der Waals surface area contributed by atoms with E-state index in [-0.39, 0.29) is 0 Å². The van der Waals surface area contributed by atoms with Crippen molar-refractivity contribution < 1.29 is 4.42 Å². The molecular formula is C29H32ClN3O. The van der Waals surface area contributed by atoms with Crippen LogP contribution in [0.5, 0.6) is 0 Å². The molecule has 4 nitrogen and oxygen atoms in total. The van der Waals surface area contributed by atoms with Crippen molar-refractivity contribution in [2.45, 2.75) is 39.5 Å². The molecular weight excluding hydrogens is 442 g/mol. The van der Waals surface area contributed by atoms with E-state index >= 15 is 0 Å². The van der Waals surface area contributed by atoms with Gasteiger partial charge in [0.1, 0.15) is 5.69 Å². The lowest BCUT2D eigenvalue weighted by atomic mass is 9.93. The molecule has 0 saturated heterocycles. The van der Waals surface area contributed by atoms with Crippen LogP contribution in [0.15, 0.2) is 65.1 Å². The largest absolute Gasteiger partial charge is 0.435 e. The molecule has 0 unspecified atom stereocenters. The molecule has 4 rings (SSSR count).